The van der Waals surface area contributed by atoms with Crippen LogP contribution < -0.4 is 10.0 Å². The number of hydrogen-bond donors (Lipinski definition) is 3. The Morgan fingerprint density at radius 3 is 2.49 bits per heavy atom. The molecular weight excluding hydrogens is 565 g/mol. The first-order chi connectivity index (χ1) is 18.5. The van der Waals surface area contributed by atoms with E-state index in [1.165, 1.54) is 0 Å². The smallest absolute Gasteiger partial charge is 0.303 e. The van der Waals surface area contributed by atoms with Gasteiger partial charge >= 0.3 is 5.97 Å². The van der Waals surface area contributed by atoms with Crippen LogP contribution in [-0.4, -0.2) is 61.1 Å². The van der Waals surface area contributed by atoms with Crippen molar-refractivity contribution in [3.8, 4) is 0 Å². The molecule has 1 saturated carbocycles. The van der Waals surface area contributed by atoms with E-state index in [1.807, 2.05) is 0 Å². The highest BCUT2D eigenvalue weighted by atomic mass is 35.5. The number of hydrogen-bond acceptors (Lipinski definition) is 5. The van der Waals surface area contributed by atoms with Crippen LogP contribution in [0.4, 0.5) is 0 Å². The summed E-state index contributed by atoms with van der Waals surface area (Å²) in [5, 5.41) is 12.5. The molecule has 0 aromatic heterocycles. The molecular formula is C27H31Cl2N3O6S. The first-order valence-electron chi connectivity index (χ1n) is 12.8. The van der Waals surface area contributed by atoms with Crippen molar-refractivity contribution in [1.82, 2.24) is 14.9 Å². The highest BCUT2D eigenvalue weighted by molar-refractivity contribution is 7.88. The molecule has 4 rings (SSSR count). The summed E-state index contributed by atoms with van der Waals surface area (Å²) in [6.07, 6.45) is 3.89. The molecule has 3 N–H and O–H groups in total. The highest BCUT2D eigenvalue weighted by Crippen LogP contribution is 2.47. The van der Waals surface area contributed by atoms with E-state index in [-0.39, 0.29) is 36.2 Å². The van der Waals surface area contributed by atoms with Gasteiger partial charge in [-0.25, -0.2) is 13.1 Å². The summed E-state index contributed by atoms with van der Waals surface area (Å²) in [6, 6.07) is 9.81. The van der Waals surface area contributed by atoms with Gasteiger partial charge in [-0.1, -0.05) is 60.3 Å². The third kappa shape index (κ3) is 6.74. The van der Waals surface area contributed by atoms with E-state index >= 15 is 0 Å². The molecule has 1 aliphatic carbocycles. The van der Waals surface area contributed by atoms with Crippen molar-refractivity contribution in [2.45, 2.75) is 62.6 Å². The van der Waals surface area contributed by atoms with Gasteiger partial charge in [0.25, 0.3) is 5.91 Å². The predicted molar refractivity (Wildman–Crippen MR) is 148 cm³/mol. The fourth-order valence-corrected chi connectivity index (χ4v) is 7.03. The molecule has 12 heteroatoms. The van der Waals surface area contributed by atoms with E-state index in [4.69, 9.17) is 28.3 Å². The maximum Gasteiger partial charge on any atom is 0.303 e. The topological polar surface area (TPSA) is 133 Å². The number of carboxylic acid groups (broad SMARTS) is 1. The number of rotatable bonds is 9. The fourth-order valence-electron chi connectivity index (χ4n) is 5.69. The van der Waals surface area contributed by atoms with Crippen LogP contribution in [-0.2, 0) is 19.6 Å². The largest absolute Gasteiger partial charge is 0.481 e. The van der Waals surface area contributed by atoms with E-state index in [0.29, 0.717) is 34.6 Å². The lowest BCUT2D eigenvalue weighted by molar-refractivity contribution is -0.137. The standard InChI is InChI=1S/C27H31Cl2N3O6S/c1-39(37,38)31-21-9-4-5-10-22(21)32-25(19-13-12-16(28)15-20(19)29)24(26(35)30-14-6-11-23(33)34)17-7-2-3-8-18(17)27(32)36/h2-3,7-8,12-13,15,21-22,24-25,31H,4-6,9-11,14H2,1H3,(H,30,35)(H,33,34)/t21-,22-,24+,25-/m0/s1. The molecule has 0 radical (unpaired) electrons. The van der Waals surface area contributed by atoms with E-state index in [1.54, 1.807) is 47.4 Å². The first-order valence-corrected chi connectivity index (χ1v) is 15.5. The van der Waals surface area contributed by atoms with Gasteiger partial charge in [-0.15, -0.1) is 0 Å². The third-order valence-corrected chi connectivity index (χ3v) is 8.55. The second-order valence-electron chi connectivity index (χ2n) is 10.0. The average molecular weight is 597 g/mol. The van der Waals surface area contributed by atoms with Crippen molar-refractivity contribution in [2.75, 3.05) is 12.8 Å². The van der Waals surface area contributed by atoms with Crippen molar-refractivity contribution in [3.63, 3.8) is 0 Å². The van der Waals surface area contributed by atoms with Crippen LogP contribution >= 0.6 is 23.2 Å². The maximum atomic E-state index is 14.2. The number of carbonyl (C=O) groups excluding carboxylic acids is 2. The Kier molecular flexibility index (Phi) is 9.21. The van der Waals surface area contributed by atoms with Gasteiger partial charge in [-0.2, -0.15) is 0 Å². The Morgan fingerprint density at radius 1 is 1.08 bits per heavy atom. The zero-order valence-corrected chi connectivity index (χ0v) is 23.7. The molecule has 39 heavy (non-hydrogen) atoms. The molecule has 0 unspecified atom stereocenters. The van der Waals surface area contributed by atoms with E-state index in [0.717, 1.165) is 19.1 Å². The summed E-state index contributed by atoms with van der Waals surface area (Å²) in [5.41, 5.74) is 1.39. The number of carboxylic acids is 1. The van der Waals surface area contributed by atoms with Gasteiger partial charge in [0, 0.05) is 40.7 Å². The Morgan fingerprint density at radius 2 is 1.79 bits per heavy atom. The van der Waals surface area contributed by atoms with Crippen LogP contribution in [0.3, 0.4) is 0 Å². The number of sulfonamides is 1. The molecule has 1 fully saturated rings. The summed E-state index contributed by atoms with van der Waals surface area (Å²) >= 11 is 12.9. The van der Waals surface area contributed by atoms with Gasteiger partial charge in [-0.3, -0.25) is 14.4 Å². The summed E-state index contributed by atoms with van der Waals surface area (Å²) in [4.78, 5) is 40.6. The molecule has 0 saturated heterocycles. The van der Waals surface area contributed by atoms with Crippen LogP contribution in [0.1, 0.15) is 72.0 Å². The number of aliphatic carboxylic acids is 1. The molecule has 1 heterocycles. The molecule has 9 nitrogen and oxygen atoms in total. The molecule has 210 valence electrons. The quantitative estimate of drug-likeness (QED) is 0.373. The lowest BCUT2D eigenvalue weighted by Gasteiger charge is -2.49. The van der Waals surface area contributed by atoms with Gasteiger partial charge in [0.15, 0.2) is 0 Å². The van der Waals surface area contributed by atoms with E-state index in [2.05, 4.69) is 10.0 Å². The monoisotopic (exact) mass is 595 g/mol. The van der Waals surface area contributed by atoms with Crippen LogP contribution in [0.25, 0.3) is 0 Å². The predicted octanol–water partition coefficient (Wildman–Crippen LogP) is 4.12. The Labute approximate surface area is 237 Å². The van der Waals surface area contributed by atoms with Crippen LogP contribution in [0.15, 0.2) is 42.5 Å². The zero-order valence-electron chi connectivity index (χ0n) is 21.4. The molecule has 2 aromatic rings. The number of amides is 2. The number of carbonyl (C=O) groups is 3. The molecule has 2 aromatic carbocycles. The van der Waals surface area contributed by atoms with Crippen molar-refractivity contribution in [1.29, 1.82) is 0 Å². The number of nitrogens with zero attached hydrogens (tertiary/aromatic N) is 1. The highest BCUT2D eigenvalue weighted by Gasteiger charge is 2.49. The lowest BCUT2D eigenvalue weighted by Crippen LogP contribution is -2.59. The Hall–Kier alpha value is -2.66. The Bertz CT molecular complexity index is 1370. The fraction of sp³-hybridized carbons (Fsp3) is 0.444. The SMILES string of the molecule is CS(=O)(=O)N[C@H]1CCCC[C@@H]1N1C(=O)c2ccccc2[C@@H](C(=O)NCCCC(=O)O)[C@@H]1c1ccc(Cl)cc1Cl. The van der Waals surface area contributed by atoms with Crippen LogP contribution in [0.5, 0.6) is 0 Å². The third-order valence-electron chi connectivity index (χ3n) is 7.26. The van der Waals surface area contributed by atoms with Crippen LogP contribution in [0, 0.1) is 0 Å². The minimum Gasteiger partial charge on any atom is -0.481 e. The second-order valence-corrected chi connectivity index (χ2v) is 12.6. The summed E-state index contributed by atoms with van der Waals surface area (Å²) in [6.45, 7) is 0.139. The maximum absolute atomic E-state index is 14.2. The van der Waals surface area contributed by atoms with Gasteiger partial charge in [0.2, 0.25) is 15.9 Å². The number of benzene rings is 2. The number of halogens is 2. The van der Waals surface area contributed by atoms with E-state index in [9.17, 15) is 22.8 Å². The summed E-state index contributed by atoms with van der Waals surface area (Å²) in [5.74, 6) is -2.55. The van der Waals surface area contributed by atoms with Gasteiger partial charge in [0.1, 0.15) is 0 Å². The molecule has 1 aliphatic heterocycles. The molecule has 4 atom stereocenters. The minimum atomic E-state index is -3.58. The van der Waals surface area contributed by atoms with Crippen molar-refractivity contribution in [2.24, 2.45) is 0 Å². The minimum absolute atomic E-state index is 0.0977. The zero-order chi connectivity index (χ0) is 28.3. The lowest BCUT2D eigenvalue weighted by atomic mass is 9.76. The molecule has 0 spiro atoms. The van der Waals surface area contributed by atoms with Crippen molar-refractivity contribution in [3.05, 3.63) is 69.2 Å². The molecule has 2 amide bonds. The van der Waals surface area contributed by atoms with Crippen molar-refractivity contribution < 1.29 is 27.9 Å². The molecule has 0 bridgehead atoms. The van der Waals surface area contributed by atoms with Gasteiger partial charge in [0.05, 0.1) is 18.2 Å². The Balaban J connectivity index is 1.85. The molecule has 2 aliphatic rings. The summed E-state index contributed by atoms with van der Waals surface area (Å²) in [7, 11) is -3.58. The second kappa shape index (κ2) is 12.2. The van der Waals surface area contributed by atoms with E-state index < -0.39 is 40.0 Å². The van der Waals surface area contributed by atoms with Crippen LogP contribution in [0.2, 0.25) is 10.0 Å². The summed E-state index contributed by atoms with van der Waals surface area (Å²) < 4.78 is 27.2. The normalized spacial score (nSPS) is 23.3. The number of fused-ring (bicyclic) bond motifs is 1. The number of nitrogens with one attached hydrogen (secondary N) is 2. The van der Waals surface area contributed by atoms with Gasteiger partial charge in [-0.05, 0) is 48.6 Å². The van der Waals surface area contributed by atoms with Crippen molar-refractivity contribution >= 4 is 51.0 Å². The average Bonchev–Trinajstić information content (AvgIpc) is 2.86. The first kappa shape index (κ1) is 29.3. The van der Waals surface area contributed by atoms with Gasteiger partial charge < -0.3 is 15.3 Å².